The van der Waals surface area contributed by atoms with Gasteiger partial charge in [-0.15, -0.1) is 12.4 Å². The molecule has 1 atom stereocenters. The van der Waals surface area contributed by atoms with Crippen LogP contribution < -0.4 is 5.32 Å². The molecule has 1 amide bonds. The summed E-state index contributed by atoms with van der Waals surface area (Å²) in [6.07, 6.45) is 1.74. The number of carbonyl (C=O) groups excluding carboxylic acids is 1. The molecule has 0 saturated carbocycles. The van der Waals surface area contributed by atoms with Crippen LogP contribution in [0.2, 0.25) is 0 Å². The predicted molar refractivity (Wildman–Crippen MR) is 84.3 cm³/mol. The number of hydrogen-bond donors (Lipinski definition) is 1. The molecule has 0 spiro atoms. The molecule has 1 N–H and O–H groups in total. The Morgan fingerprint density at radius 2 is 1.86 bits per heavy atom. The van der Waals surface area contributed by atoms with Crippen molar-refractivity contribution in [1.82, 2.24) is 15.2 Å². The minimum atomic E-state index is -0.741. The van der Waals surface area contributed by atoms with Crippen LogP contribution in [0.5, 0.6) is 0 Å². The maximum atomic E-state index is 12.7. The molecule has 1 unspecified atom stereocenters. The van der Waals surface area contributed by atoms with Crippen molar-refractivity contribution >= 4 is 18.3 Å². The first-order valence-corrected chi connectivity index (χ1v) is 6.67. The van der Waals surface area contributed by atoms with Crippen molar-refractivity contribution in [2.24, 2.45) is 0 Å². The Morgan fingerprint density at radius 1 is 1.14 bits per heavy atom. The number of benzene rings is 1. The van der Waals surface area contributed by atoms with Gasteiger partial charge >= 0.3 is 0 Å². The summed E-state index contributed by atoms with van der Waals surface area (Å²) in [4.78, 5) is 19.2. The molecule has 3 rings (SSSR count). The highest BCUT2D eigenvalue weighted by atomic mass is 35.5. The highest BCUT2D eigenvalue weighted by Gasteiger charge is 2.46. The summed E-state index contributed by atoms with van der Waals surface area (Å²) < 4.78 is 0. The Bertz CT molecular complexity index is 564. The first-order valence-electron chi connectivity index (χ1n) is 6.67. The summed E-state index contributed by atoms with van der Waals surface area (Å²) in [5, 5.41) is 2.97. The molecule has 2 aromatic rings. The van der Waals surface area contributed by atoms with Gasteiger partial charge in [0, 0.05) is 12.7 Å². The Hall–Kier alpha value is -1.91. The average Bonchev–Trinajstić information content (AvgIpc) is 2.51. The number of likely N-dealkylation sites (N-methyl/N-ethyl adjacent to an activating group) is 1. The summed E-state index contributed by atoms with van der Waals surface area (Å²) in [6, 6.07) is 15.6. The van der Waals surface area contributed by atoms with Crippen molar-refractivity contribution in [3.63, 3.8) is 0 Å². The Kier molecular flexibility index (Phi) is 4.60. The zero-order valence-corrected chi connectivity index (χ0v) is 12.6. The molecule has 4 nitrogen and oxygen atoms in total. The minimum Gasteiger partial charge on any atom is -0.342 e. The number of nitrogens with zero attached hydrogens (tertiary/aromatic N) is 2. The Labute approximate surface area is 130 Å². The number of nitrogens with one attached hydrogen (secondary N) is 1. The second-order valence-electron chi connectivity index (χ2n) is 5.16. The summed E-state index contributed by atoms with van der Waals surface area (Å²) in [7, 11) is 2.00. The van der Waals surface area contributed by atoms with Crippen LogP contribution in [-0.2, 0) is 10.2 Å². The standard InChI is InChI=1S/C16H17N3O.ClH/c1-19-11-16(15(20)18-12-19,13-7-3-2-4-8-13)14-9-5-6-10-17-14;/h2-10H,11-12H2,1H3,(H,18,20);1H. The summed E-state index contributed by atoms with van der Waals surface area (Å²) in [5.74, 6) is 0.0144. The third kappa shape index (κ3) is 2.64. The highest BCUT2D eigenvalue weighted by Crippen LogP contribution is 2.33. The van der Waals surface area contributed by atoms with Crippen LogP contribution in [0.3, 0.4) is 0 Å². The van der Waals surface area contributed by atoms with Crippen molar-refractivity contribution in [3.8, 4) is 0 Å². The fourth-order valence-corrected chi connectivity index (χ4v) is 2.80. The van der Waals surface area contributed by atoms with E-state index in [-0.39, 0.29) is 18.3 Å². The minimum absolute atomic E-state index is 0. The van der Waals surface area contributed by atoms with E-state index in [4.69, 9.17) is 0 Å². The second-order valence-corrected chi connectivity index (χ2v) is 5.16. The lowest BCUT2D eigenvalue weighted by Crippen LogP contribution is -2.59. The smallest absolute Gasteiger partial charge is 0.239 e. The van der Waals surface area contributed by atoms with Gasteiger partial charge in [0.15, 0.2) is 0 Å². The van der Waals surface area contributed by atoms with Crippen LogP contribution in [0.25, 0.3) is 0 Å². The van der Waals surface area contributed by atoms with Crippen LogP contribution in [-0.4, -0.2) is 36.1 Å². The molecule has 1 fully saturated rings. The monoisotopic (exact) mass is 303 g/mol. The van der Waals surface area contributed by atoms with E-state index < -0.39 is 5.41 Å². The van der Waals surface area contributed by atoms with E-state index in [0.717, 1.165) is 11.3 Å². The van der Waals surface area contributed by atoms with E-state index in [1.54, 1.807) is 6.20 Å². The number of halogens is 1. The average molecular weight is 304 g/mol. The molecule has 1 aliphatic heterocycles. The van der Waals surface area contributed by atoms with E-state index in [1.165, 1.54) is 0 Å². The largest absolute Gasteiger partial charge is 0.342 e. The molecule has 1 aliphatic rings. The van der Waals surface area contributed by atoms with Crippen molar-refractivity contribution in [1.29, 1.82) is 0 Å². The van der Waals surface area contributed by atoms with Crippen LogP contribution in [0.4, 0.5) is 0 Å². The first kappa shape index (κ1) is 15.5. The van der Waals surface area contributed by atoms with Gasteiger partial charge < -0.3 is 5.32 Å². The van der Waals surface area contributed by atoms with Gasteiger partial charge in [-0.1, -0.05) is 36.4 Å². The molecule has 0 bridgehead atoms. The summed E-state index contributed by atoms with van der Waals surface area (Å²) >= 11 is 0. The van der Waals surface area contributed by atoms with Crippen LogP contribution in [0, 0.1) is 0 Å². The van der Waals surface area contributed by atoms with Crippen molar-refractivity contribution in [2.75, 3.05) is 20.3 Å². The SMILES string of the molecule is CN1CNC(=O)C(c2ccccc2)(c2ccccn2)C1.Cl. The van der Waals surface area contributed by atoms with E-state index in [9.17, 15) is 4.79 Å². The molecule has 1 saturated heterocycles. The molecule has 2 heterocycles. The number of amides is 1. The number of aromatic nitrogens is 1. The van der Waals surface area contributed by atoms with Gasteiger partial charge in [-0.3, -0.25) is 14.7 Å². The maximum absolute atomic E-state index is 12.7. The van der Waals surface area contributed by atoms with Crippen molar-refractivity contribution < 1.29 is 4.79 Å². The lowest BCUT2D eigenvalue weighted by atomic mass is 9.75. The molecular formula is C16H18ClN3O. The molecule has 1 aromatic heterocycles. The van der Waals surface area contributed by atoms with Gasteiger partial charge in [-0.2, -0.15) is 0 Å². The fourth-order valence-electron chi connectivity index (χ4n) is 2.80. The normalized spacial score (nSPS) is 22.2. The van der Waals surface area contributed by atoms with E-state index in [2.05, 4.69) is 15.2 Å². The van der Waals surface area contributed by atoms with Gasteiger partial charge in [0.1, 0.15) is 5.41 Å². The number of pyridine rings is 1. The van der Waals surface area contributed by atoms with Gasteiger partial charge in [0.2, 0.25) is 5.91 Å². The first-order chi connectivity index (χ1) is 9.73. The third-order valence-electron chi connectivity index (χ3n) is 3.77. The zero-order chi connectivity index (χ0) is 14.0. The molecule has 5 heteroatoms. The van der Waals surface area contributed by atoms with Gasteiger partial charge in [-0.05, 0) is 24.7 Å². The quantitative estimate of drug-likeness (QED) is 0.920. The zero-order valence-electron chi connectivity index (χ0n) is 11.8. The predicted octanol–water partition coefficient (Wildman–Crippen LogP) is 1.81. The number of hydrogen-bond acceptors (Lipinski definition) is 3. The molecule has 1 aromatic carbocycles. The van der Waals surface area contributed by atoms with Crippen molar-refractivity contribution in [3.05, 3.63) is 66.0 Å². The molecule has 0 radical (unpaired) electrons. The van der Waals surface area contributed by atoms with Gasteiger partial charge in [-0.25, -0.2) is 0 Å². The number of carbonyl (C=O) groups is 1. The maximum Gasteiger partial charge on any atom is 0.239 e. The third-order valence-corrected chi connectivity index (χ3v) is 3.77. The van der Waals surface area contributed by atoms with Crippen LogP contribution in [0.15, 0.2) is 54.7 Å². The lowest BCUT2D eigenvalue weighted by molar-refractivity contribution is -0.129. The van der Waals surface area contributed by atoms with Gasteiger partial charge in [0.25, 0.3) is 0 Å². The summed E-state index contributed by atoms with van der Waals surface area (Å²) in [6.45, 7) is 1.19. The highest BCUT2D eigenvalue weighted by molar-refractivity contribution is 5.92. The molecule has 21 heavy (non-hydrogen) atoms. The molecule has 0 aliphatic carbocycles. The molecular weight excluding hydrogens is 286 g/mol. The Balaban J connectivity index is 0.00000161. The second kappa shape index (κ2) is 6.24. The van der Waals surface area contributed by atoms with Crippen molar-refractivity contribution in [2.45, 2.75) is 5.41 Å². The van der Waals surface area contributed by atoms with Crippen LogP contribution in [0.1, 0.15) is 11.3 Å². The Morgan fingerprint density at radius 3 is 2.52 bits per heavy atom. The lowest BCUT2D eigenvalue weighted by Gasteiger charge is -2.40. The number of rotatable bonds is 2. The van der Waals surface area contributed by atoms with E-state index in [1.807, 2.05) is 55.6 Å². The topological polar surface area (TPSA) is 45.2 Å². The summed E-state index contributed by atoms with van der Waals surface area (Å²) in [5.41, 5.74) is 1.02. The van der Waals surface area contributed by atoms with E-state index in [0.29, 0.717) is 13.2 Å². The van der Waals surface area contributed by atoms with Gasteiger partial charge in [0.05, 0.1) is 12.4 Å². The molecule has 110 valence electrons. The fraction of sp³-hybridized carbons (Fsp3) is 0.250. The van der Waals surface area contributed by atoms with E-state index >= 15 is 0 Å². The van der Waals surface area contributed by atoms with Crippen LogP contribution >= 0.6 is 12.4 Å².